The lowest BCUT2D eigenvalue weighted by Crippen LogP contribution is -2.69. The van der Waals surface area contributed by atoms with Crippen molar-refractivity contribution in [2.75, 3.05) is 72.6 Å². The van der Waals surface area contributed by atoms with Crippen molar-refractivity contribution in [2.24, 2.45) is 5.92 Å². The molecule has 7 atom stereocenters. The SMILES string of the molecule is CN1CCN(C2CC3OC4CCC(Cl)CC4N4C=C(C(=O)NCCN5CCOCC5)C(=O)C(C2)C34)CC1. The Labute approximate surface area is 225 Å². The van der Waals surface area contributed by atoms with Gasteiger partial charge in [-0.2, -0.15) is 0 Å². The molecule has 4 aliphatic heterocycles. The highest BCUT2D eigenvalue weighted by atomic mass is 35.5. The van der Waals surface area contributed by atoms with E-state index in [2.05, 4.69) is 32.0 Å². The van der Waals surface area contributed by atoms with E-state index in [1.165, 1.54) is 0 Å². The molecule has 3 saturated heterocycles. The first kappa shape index (κ1) is 26.0. The fraction of sp³-hybridized carbons (Fsp3) is 0.852. The van der Waals surface area contributed by atoms with Crippen LogP contribution in [0, 0.1) is 5.92 Å². The molecule has 6 rings (SSSR count). The van der Waals surface area contributed by atoms with Gasteiger partial charge in [0, 0.05) is 75.9 Å². The number of amides is 1. The smallest absolute Gasteiger partial charge is 0.256 e. The average molecular weight is 536 g/mol. The van der Waals surface area contributed by atoms with Gasteiger partial charge in [0.25, 0.3) is 5.91 Å². The summed E-state index contributed by atoms with van der Waals surface area (Å²) in [5.41, 5.74) is 0.318. The Morgan fingerprint density at radius 2 is 1.84 bits per heavy atom. The molecule has 2 aliphatic carbocycles. The maximum absolute atomic E-state index is 13.9. The summed E-state index contributed by atoms with van der Waals surface area (Å²) in [4.78, 5) is 36.9. The summed E-state index contributed by atoms with van der Waals surface area (Å²) >= 11 is 6.62. The van der Waals surface area contributed by atoms with Gasteiger partial charge in [0.15, 0.2) is 5.78 Å². The van der Waals surface area contributed by atoms with Gasteiger partial charge >= 0.3 is 0 Å². The van der Waals surface area contributed by atoms with Crippen LogP contribution in [-0.4, -0.2) is 140 Å². The predicted octanol–water partition coefficient (Wildman–Crippen LogP) is 0.525. The van der Waals surface area contributed by atoms with Gasteiger partial charge in [-0.3, -0.25) is 19.4 Å². The van der Waals surface area contributed by atoms with E-state index in [4.69, 9.17) is 21.1 Å². The minimum atomic E-state index is -0.240. The van der Waals surface area contributed by atoms with Crippen molar-refractivity contribution in [2.45, 2.75) is 67.8 Å². The fourth-order valence-corrected chi connectivity index (χ4v) is 7.79. The number of nitrogens with zero attached hydrogens (tertiary/aromatic N) is 4. The number of ether oxygens (including phenoxy) is 2. The van der Waals surface area contributed by atoms with Gasteiger partial charge in [0.05, 0.1) is 43.1 Å². The number of morpholine rings is 2. The van der Waals surface area contributed by atoms with E-state index in [-0.39, 0.29) is 47.3 Å². The summed E-state index contributed by atoms with van der Waals surface area (Å²) in [6.07, 6.45) is 6.48. The number of carbonyl (C=O) groups excluding carboxylic acids is 2. The Bertz CT molecular complexity index is 890. The molecule has 0 spiro atoms. The molecule has 6 aliphatic rings. The Kier molecular flexibility index (Phi) is 7.80. The van der Waals surface area contributed by atoms with Gasteiger partial charge in [-0.05, 0) is 39.2 Å². The molecule has 0 bridgehead atoms. The quantitative estimate of drug-likeness (QED) is 0.403. The number of fused-ring (bicyclic) bond motifs is 2. The van der Waals surface area contributed by atoms with Crippen LogP contribution in [0.2, 0.25) is 0 Å². The zero-order valence-corrected chi connectivity index (χ0v) is 22.8. The van der Waals surface area contributed by atoms with Gasteiger partial charge in [0.2, 0.25) is 0 Å². The number of likely N-dealkylation sites (N-methyl/N-ethyl adjacent to an activating group) is 1. The maximum atomic E-state index is 13.9. The van der Waals surface area contributed by atoms with Gasteiger partial charge in [0.1, 0.15) is 0 Å². The number of halogens is 1. The minimum absolute atomic E-state index is 0.00401. The maximum Gasteiger partial charge on any atom is 0.256 e. The molecular weight excluding hydrogens is 494 g/mol. The molecule has 0 aromatic carbocycles. The number of alkyl halides is 1. The Morgan fingerprint density at radius 1 is 1.05 bits per heavy atom. The van der Waals surface area contributed by atoms with E-state index >= 15 is 0 Å². The molecule has 1 amide bonds. The highest BCUT2D eigenvalue weighted by Gasteiger charge is 2.56. The standard InChI is InChI=1S/C27H42ClN5O4/c1-30-6-8-32(9-7-30)19-15-20-25-24(16-19)37-23-3-2-18(28)14-22(23)33(25)17-21(26(20)34)27(35)29-4-5-31-10-12-36-13-11-31/h17-20,22-25H,2-16H2,1H3,(H,29,35). The fourth-order valence-electron chi connectivity index (χ4n) is 7.48. The van der Waals surface area contributed by atoms with Gasteiger partial charge in [-0.1, -0.05) is 0 Å². The molecule has 37 heavy (non-hydrogen) atoms. The van der Waals surface area contributed by atoms with Crippen LogP contribution >= 0.6 is 11.6 Å². The second-order valence-corrected chi connectivity index (χ2v) is 12.4. The zero-order valence-electron chi connectivity index (χ0n) is 22.0. The molecule has 4 heterocycles. The summed E-state index contributed by atoms with van der Waals surface area (Å²) in [6.45, 7) is 8.68. The van der Waals surface area contributed by atoms with Crippen LogP contribution in [0.4, 0.5) is 0 Å². The van der Waals surface area contributed by atoms with E-state index in [0.29, 0.717) is 18.2 Å². The lowest BCUT2D eigenvalue weighted by Gasteiger charge is -2.59. The molecule has 9 nitrogen and oxygen atoms in total. The van der Waals surface area contributed by atoms with Gasteiger partial charge in [-0.15, -0.1) is 11.6 Å². The first-order valence-electron chi connectivity index (χ1n) is 14.3. The average Bonchev–Trinajstić information content (AvgIpc) is 2.91. The second kappa shape index (κ2) is 11.1. The van der Waals surface area contributed by atoms with Crippen molar-refractivity contribution < 1.29 is 19.1 Å². The second-order valence-electron chi connectivity index (χ2n) is 11.8. The Morgan fingerprint density at radius 3 is 2.62 bits per heavy atom. The largest absolute Gasteiger partial charge is 0.379 e. The number of nitrogens with one attached hydrogen (secondary N) is 1. The molecular formula is C27H42ClN5O4. The van der Waals surface area contributed by atoms with E-state index in [1.54, 1.807) is 0 Å². The molecule has 7 unspecified atom stereocenters. The van der Waals surface area contributed by atoms with E-state index in [1.807, 2.05) is 6.20 Å². The zero-order chi connectivity index (χ0) is 25.5. The summed E-state index contributed by atoms with van der Waals surface area (Å²) in [6, 6.07) is 0.448. The van der Waals surface area contributed by atoms with Crippen LogP contribution < -0.4 is 5.32 Å². The van der Waals surface area contributed by atoms with Crippen LogP contribution in [0.3, 0.4) is 0 Å². The van der Waals surface area contributed by atoms with Crippen LogP contribution in [0.15, 0.2) is 11.8 Å². The third-order valence-electron chi connectivity index (χ3n) is 9.59. The van der Waals surface area contributed by atoms with Crippen molar-refractivity contribution in [1.82, 2.24) is 24.9 Å². The molecule has 0 aromatic rings. The van der Waals surface area contributed by atoms with Crippen molar-refractivity contribution in [3.8, 4) is 0 Å². The van der Waals surface area contributed by atoms with Crippen molar-refractivity contribution in [3.05, 3.63) is 11.8 Å². The molecule has 5 fully saturated rings. The van der Waals surface area contributed by atoms with E-state index < -0.39 is 0 Å². The third-order valence-corrected chi connectivity index (χ3v) is 9.98. The number of piperazine rings is 1. The summed E-state index contributed by atoms with van der Waals surface area (Å²) in [7, 11) is 2.17. The Hall–Kier alpha value is -1.23. The highest BCUT2D eigenvalue weighted by molar-refractivity contribution is 6.21. The van der Waals surface area contributed by atoms with Gasteiger partial charge < -0.3 is 24.6 Å². The number of ketones is 1. The van der Waals surface area contributed by atoms with Crippen LogP contribution in [-0.2, 0) is 19.1 Å². The molecule has 1 N–H and O–H groups in total. The summed E-state index contributed by atoms with van der Waals surface area (Å²) in [5.74, 6) is -0.462. The van der Waals surface area contributed by atoms with Gasteiger partial charge in [-0.25, -0.2) is 0 Å². The monoisotopic (exact) mass is 535 g/mol. The molecule has 10 heteroatoms. The van der Waals surface area contributed by atoms with Crippen molar-refractivity contribution in [1.29, 1.82) is 0 Å². The molecule has 2 saturated carbocycles. The number of hydrogen-bond donors (Lipinski definition) is 1. The summed E-state index contributed by atoms with van der Waals surface area (Å²) < 4.78 is 12.2. The molecule has 0 radical (unpaired) electrons. The van der Waals surface area contributed by atoms with Crippen molar-refractivity contribution in [3.63, 3.8) is 0 Å². The van der Waals surface area contributed by atoms with Crippen molar-refractivity contribution >= 4 is 23.3 Å². The number of hydrogen-bond acceptors (Lipinski definition) is 8. The summed E-state index contributed by atoms with van der Waals surface area (Å²) in [5, 5.41) is 3.16. The first-order chi connectivity index (χ1) is 18.0. The predicted molar refractivity (Wildman–Crippen MR) is 141 cm³/mol. The molecule has 0 aromatic heterocycles. The lowest BCUT2D eigenvalue weighted by atomic mass is 9.70. The first-order valence-corrected chi connectivity index (χ1v) is 14.8. The lowest BCUT2D eigenvalue weighted by molar-refractivity contribution is -0.188. The topological polar surface area (TPSA) is 77.6 Å². The van der Waals surface area contributed by atoms with Crippen LogP contribution in [0.5, 0.6) is 0 Å². The number of rotatable bonds is 5. The molecule has 206 valence electrons. The third kappa shape index (κ3) is 5.32. The normalized spacial score (nSPS) is 39.5. The number of carbonyl (C=O) groups is 2. The van der Waals surface area contributed by atoms with E-state index in [9.17, 15) is 9.59 Å². The minimum Gasteiger partial charge on any atom is -0.379 e. The van der Waals surface area contributed by atoms with Crippen LogP contribution in [0.25, 0.3) is 0 Å². The Balaban J connectivity index is 1.21. The van der Waals surface area contributed by atoms with Crippen LogP contribution in [0.1, 0.15) is 32.1 Å². The van der Waals surface area contributed by atoms with E-state index in [0.717, 1.165) is 91.1 Å². The highest BCUT2D eigenvalue weighted by Crippen LogP contribution is 2.46. The number of Topliss-reactive ketones (excluding diaryl/α,β-unsaturated/α-hetero) is 1.